The molecule has 2 aromatic heterocycles. The zero-order chi connectivity index (χ0) is 44.5. The molecule has 3 nitrogen and oxygen atoms in total. The summed E-state index contributed by atoms with van der Waals surface area (Å²) < 4.78 is 104. The van der Waals surface area contributed by atoms with Crippen molar-refractivity contribution in [2.45, 2.75) is 0 Å². The lowest BCUT2D eigenvalue weighted by Gasteiger charge is -2.26. The molecule has 0 unspecified atom stereocenters. The van der Waals surface area contributed by atoms with Gasteiger partial charge in [0.1, 0.15) is 16.2 Å². The van der Waals surface area contributed by atoms with Gasteiger partial charge in [-0.05, 0) is 64.5 Å². The van der Waals surface area contributed by atoms with E-state index >= 15 is 0 Å². The Hall–Kier alpha value is -6.75. The number of fused-ring (bicyclic) bond motifs is 6. The smallest absolute Gasteiger partial charge is 0.143 e. The number of anilines is 3. The maximum absolute atomic E-state index is 9.53. The minimum atomic E-state index is -0.631. The highest BCUT2D eigenvalue weighted by Crippen LogP contribution is 2.53. The SMILES string of the molecule is [2H]c1c([2H])c(N(c2ccccc2)c2cccc(-c3ccc4c5c(cccc35)-c3sc(-c5ccccc5)nc3-4)c2)c([2H])c([2H])c1-c1c([2H])c([2H])c([2H])c2c1oc1c([2H])c([2H])c([2H])c([2H])c12. The fraction of sp³-hybridized carbons (Fsp3) is 0. The Morgan fingerprint density at radius 1 is 0.509 bits per heavy atom. The second-order valence-electron chi connectivity index (χ2n) is 12.7. The first-order chi connectivity index (χ1) is 30.9. The Labute approximate surface area is 326 Å². The van der Waals surface area contributed by atoms with Gasteiger partial charge >= 0.3 is 0 Å². The molecule has 0 bridgehead atoms. The van der Waals surface area contributed by atoms with Gasteiger partial charge in [0.25, 0.3) is 0 Å². The first-order valence-electron chi connectivity index (χ1n) is 22.5. The van der Waals surface area contributed by atoms with Gasteiger partial charge in [0, 0.05) is 55.5 Å². The van der Waals surface area contributed by atoms with Crippen LogP contribution in [0.15, 0.2) is 186 Å². The van der Waals surface area contributed by atoms with Gasteiger partial charge in [0.05, 0.1) is 25.6 Å². The zero-order valence-corrected chi connectivity index (χ0v) is 28.5. The van der Waals surface area contributed by atoms with E-state index < -0.39 is 66.5 Å². The quantitative estimate of drug-likeness (QED) is 0.172. The normalized spacial score (nSPS) is 14.7. The molecule has 11 rings (SSSR count). The molecule has 0 aliphatic heterocycles. The molecule has 0 spiro atoms. The fourth-order valence-corrected chi connectivity index (χ4v) is 8.40. The highest BCUT2D eigenvalue weighted by atomic mass is 32.1. The van der Waals surface area contributed by atoms with Crippen molar-refractivity contribution in [3.63, 3.8) is 0 Å². The van der Waals surface area contributed by atoms with E-state index in [0.29, 0.717) is 11.4 Å². The summed E-state index contributed by atoms with van der Waals surface area (Å²) in [5.74, 6) is 0. The molecule has 0 saturated heterocycles. The maximum Gasteiger partial charge on any atom is 0.143 e. The van der Waals surface area contributed by atoms with Crippen LogP contribution in [0.25, 0.3) is 87.2 Å². The summed E-state index contributed by atoms with van der Waals surface area (Å²) in [5.41, 5.74) is 5.70. The number of nitrogens with zero attached hydrogens (tertiary/aromatic N) is 2. The van der Waals surface area contributed by atoms with Gasteiger partial charge in [-0.2, -0.15) is 0 Å². The number of furan rings is 1. The van der Waals surface area contributed by atoms with Crippen molar-refractivity contribution in [2.75, 3.05) is 4.90 Å². The number of rotatable bonds is 6. The van der Waals surface area contributed by atoms with Crippen LogP contribution in [0.5, 0.6) is 0 Å². The summed E-state index contributed by atoms with van der Waals surface area (Å²) in [6.07, 6.45) is 0. The van der Waals surface area contributed by atoms with Gasteiger partial charge in [-0.25, -0.2) is 4.98 Å². The number of benzene rings is 8. The molecule has 53 heavy (non-hydrogen) atoms. The summed E-state index contributed by atoms with van der Waals surface area (Å²) >= 11 is 1.67. The average molecular weight is 706 g/mol. The molecule has 2 heterocycles. The lowest BCUT2D eigenvalue weighted by atomic mass is 9.94. The zero-order valence-electron chi connectivity index (χ0n) is 38.7. The van der Waals surface area contributed by atoms with Gasteiger partial charge in [-0.3, -0.25) is 0 Å². The van der Waals surface area contributed by atoms with Crippen LogP contribution < -0.4 is 4.90 Å². The molecule has 248 valence electrons. The molecule has 0 N–H and O–H groups in total. The molecular formula is C49H30N2OS. The Balaban J connectivity index is 1.08. The summed E-state index contributed by atoms with van der Waals surface area (Å²) in [7, 11) is 0. The molecular weight excluding hydrogens is 665 g/mol. The topological polar surface area (TPSA) is 29.3 Å². The van der Waals surface area contributed by atoms with Crippen LogP contribution in [0.4, 0.5) is 17.1 Å². The number of para-hydroxylation sites is 3. The van der Waals surface area contributed by atoms with E-state index in [-0.39, 0.29) is 38.8 Å². The molecule has 0 fully saturated rings. The number of hydrogen-bond donors (Lipinski definition) is 0. The maximum atomic E-state index is 9.53. The van der Waals surface area contributed by atoms with Crippen LogP contribution in [-0.4, -0.2) is 4.98 Å². The third-order valence-electron chi connectivity index (χ3n) is 9.64. The molecule has 1 aliphatic carbocycles. The third kappa shape index (κ3) is 4.77. The Bertz CT molecular complexity index is 3590. The van der Waals surface area contributed by atoms with Crippen molar-refractivity contribution < 1.29 is 19.5 Å². The van der Waals surface area contributed by atoms with Gasteiger partial charge < -0.3 is 9.32 Å². The second kappa shape index (κ2) is 11.9. The van der Waals surface area contributed by atoms with Crippen LogP contribution in [0, 0.1) is 0 Å². The van der Waals surface area contributed by atoms with E-state index in [1.807, 2.05) is 66.7 Å². The molecule has 8 aromatic carbocycles. The second-order valence-corrected chi connectivity index (χ2v) is 13.7. The molecule has 10 aromatic rings. The Kier molecular flexibility index (Phi) is 4.71. The van der Waals surface area contributed by atoms with E-state index in [9.17, 15) is 5.48 Å². The average Bonchev–Trinajstić information content (AvgIpc) is 4.02. The van der Waals surface area contributed by atoms with E-state index in [1.54, 1.807) is 28.4 Å². The number of thiazole rings is 1. The first-order valence-corrected chi connectivity index (χ1v) is 17.8. The lowest BCUT2D eigenvalue weighted by Crippen LogP contribution is -2.09. The van der Waals surface area contributed by atoms with Crippen molar-refractivity contribution in [3.05, 3.63) is 182 Å². The van der Waals surface area contributed by atoms with Crippen LogP contribution in [0.1, 0.15) is 15.1 Å². The highest BCUT2D eigenvalue weighted by Gasteiger charge is 2.27. The van der Waals surface area contributed by atoms with E-state index in [4.69, 9.17) is 19.0 Å². The third-order valence-corrected chi connectivity index (χ3v) is 10.8. The van der Waals surface area contributed by atoms with Crippen LogP contribution in [0.3, 0.4) is 0 Å². The standard InChI is InChI=1S/C49H30N2OS/c1-3-12-32(13-4-1)49-50-46-42-29-28-37(40-20-11-22-43(45(40)42)48(46)53-49)33-14-9-17-36(30-33)51(34-15-5-2-6-16-34)35-26-24-31(25-27-35)38-19-10-21-41-39-18-7-8-23-44(39)52-47(38)41/h1-30H/i7D,8D,10D,18D,19D,21D,23D,24D,25D,26D,27D. The largest absolute Gasteiger partial charge is 0.455 e. The van der Waals surface area contributed by atoms with Gasteiger partial charge in [0.15, 0.2) is 0 Å². The number of hydrogen-bond acceptors (Lipinski definition) is 4. The van der Waals surface area contributed by atoms with Crippen molar-refractivity contribution in [3.8, 4) is 54.5 Å². The van der Waals surface area contributed by atoms with Gasteiger partial charge in [0.2, 0.25) is 0 Å². The van der Waals surface area contributed by atoms with Crippen molar-refractivity contribution >= 4 is 61.1 Å². The van der Waals surface area contributed by atoms with Crippen LogP contribution >= 0.6 is 11.3 Å². The molecule has 0 saturated carbocycles. The predicted molar refractivity (Wildman–Crippen MR) is 222 cm³/mol. The lowest BCUT2D eigenvalue weighted by molar-refractivity contribution is 0.670. The minimum Gasteiger partial charge on any atom is -0.455 e. The van der Waals surface area contributed by atoms with Crippen LogP contribution in [-0.2, 0) is 0 Å². The van der Waals surface area contributed by atoms with Gasteiger partial charge in [-0.15, -0.1) is 11.3 Å². The van der Waals surface area contributed by atoms with Crippen molar-refractivity contribution in [2.24, 2.45) is 0 Å². The summed E-state index contributed by atoms with van der Waals surface area (Å²) in [5, 5.41) is 2.73. The van der Waals surface area contributed by atoms with Crippen LogP contribution in [0.2, 0.25) is 0 Å². The summed E-state index contributed by atoms with van der Waals surface area (Å²) in [6.45, 7) is 0. The highest BCUT2D eigenvalue weighted by molar-refractivity contribution is 7.19. The van der Waals surface area contributed by atoms with E-state index in [1.165, 1.54) is 0 Å². The molecule has 0 amide bonds. The van der Waals surface area contributed by atoms with E-state index in [0.717, 1.165) is 54.2 Å². The van der Waals surface area contributed by atoms with Crippen molar-refractivity contribution in [1.29, 1.82) is 0 Å². The molecule has 0 radical (unpaired) electrons. The fourth-order valence-electron chi connectivity index (χ4n) is 7.28. The van der Waals surface area contributed by atoms with Crippen molar-refractivity contribution in [1.82, 2.24) is 4.98 Å². The van der Waals surface area contributed by atoms with E-state index in [2.05, 4.69) is 36.4 Å². The van der Waals surface area contributed by atoms with Gasteiger partial charge in [-0.1, -0.05) is 139 Å². The predicted octanol–water partition coefficient (Wildman–Crippen LogP) is 14.3. The molecule has 4 heteroatoms. The summed E-state index contributed by atoms with van der Waals surface area (Å²) in [4.78, 5) is 7.87. The first kappa shape index (κ1) is 20.9. The monoisotopic (exact) mass is 705 g/mol. The Morgan fingerprint density at radius 2 is 1.25 bits per heavy atom. The number of aromatic nitrogens is 1. The Morgan fingerprint density at radius 3 is 2.11 bits per heavy atom. The molecule has 1 aliphatic rings. The summed E-state index contributed by atoms with van der Waals surface area (Å²) in [6, 6.07) is 31.3. The minimum absolute atomic E-state index is 0.0811. The molecule has 0 atom stereocenters.